The molecular weight excluding hydrogens is 880 g/mol. The molecule has 2 aromatic carbocycles. The standard InChI is InChI=1S/C43H56F3N7O13/c1-23(2)17-29(37(60)47-27(22-54)21-43(44,45)46)51-41(64)36(42(4,5)6)52-40(63)31(19-26-10-8-7-9-24(26)3)50-38(61)30(18-25-11-13-28(14-12-25)53(65)66)49-39(62)32(20-35(58)59)48-33(55)15-16-34(56)57/h7-14,22-23,27,29-32,36H,15-21H2,1-6H3,(H,47,60)(H,48,55)(H,49,62)(H,50,61)(H,51,64)(H,52,63)(H,56,57)(H,58,59)/t27-,29-,30+,31-,32+,36+/m0/s1. The van der Waals surface area contributed by atoms with Gasteiger partial charge in [-0.25, -0.2) is 0 Å². The van der Waals surface area contributed by atoms with Gasteiger partial charge in [0.2, 0.25) is 35.4 Å². The molecule has 0 heterocycles. The first-order valence-corrected chi connectivity index (χ1v) is 20.6. The minimum Gasteiger partial charge on any atom is -0.481 e. The fourth-order valence-corrected chi connectivity index (χ4v) is 6.42. The van der Waals surface area contributed by atoms with Crippen LogP contribution in [0.3, 0.4) is 0 Å². The number of amides is 6. The molecule has 23 heteroatoms. The van der Waals surface area contributed by atoms with Crippen LogP contribution in [0.25, 0.3) is 0 Å². The van der Waals surface area contributed by atoms with Gasteiger partial charge in [0, 0.05) is 31.4 Å². The Kier molecular flexibility index (Phi) is 20.9. The zero-order valence-corrected chi connectivity index (χ0v) is 37.2. The molecule has 0 saturated carbocycles. The van der Waals surface area contributed by atoms with E-state index in [-0.39, 0.29) is 36.3 Å². The monoisotopic (exact) mass is 935 g/mol. The normalized spacial score (nSPS) is 14.2. The zero-order chi connectivity index (χ0) is 50.1. The summed E-state index contributed by atoms with van der Waals surface area (Å²) >= 11 is 0. The average Bonchev–Trinajstić information content (AvgIpc) is 3.20. The van der Waals surface area contributed by atoms with Gasteiger partial charge in [0.1, 0.15) is 36.5 Å². The predicted molar refractivity (Wildman–Crippen MR) is 228 cm³/mol. The summed E-state index contributed by atoms with van der Waals surface area (Å²) in [6.07, 6.45) is -9.56. The Balaban J connectivity index is 2.59. The Morgan fingerprint density at radius 1 is 0.697 bits per heavy atom. The van der Waals surface area contributed by atoms with E-state index in [9.17, 15) is 71.5 Å². The van der Waals surface area contributed by atoms with Gasteiger partial charge in [-0.15, -0.1) is 0 Å². The van der Waals surface area contributed by atoms with Gasteiger partial charge in [-0.3, -0.25) is 48.5 Å². The molecule has 2 rings (SSSR count). The number of carbonyl (C=O) groups is 9. The second-order valence-corrected chi connectivity index (χ2v) is 17.1. The van der Waals surface area contributed by atoms with Crippen LogP contribution >= 0.6 is 0 Å². The van der Waals surface area contributed by atoms with Crippen molar-refractivity contribution in [2.24, 2.45) is 11.3 Å². The van der Waals surface area contributed by atoms with E-state index >= 15 is 0 Å². The van der Waals surface area contributed by atoms with Gasteiger partial charge in [-0.2, -0.15) is 13.2 Å². The number of rotatable bonds is 25. The topological polar surface area (TPSA) is 309 Å². The molecule has 6 amide bonds. The number of nitrogens with zero attached hydrogens (tertiary/aromatic N) is 1. The number of aldehydes is 1. The van der Waals surface area contributed by atoms with Crippen molar-refractivity contribution >= 4 is 59.4 Å². The maximum atomic E-state index is 14.4. The molecule has 0 aromatic heterocycles. The van der Waals surface area contributed by atoms with Crippen LogP contribution in [0, 0.1) is 28.4 Å². The fourth-order valence-electron chi connectivity index (χ4n) is 6.42. The van der Waals surface area contributed by atoms with E-state index in [1.807, 2.05) is 5.32 Å². The quantitative estimate of drug-likeness (QED) is 0.0403. The van der Waals surface area contributed by atoms with Gasteiger partial charge in [0.05, 0.1) is 30.2 Å². The molecule has 6 atom stereocenters. The third-order valence-corrected chi connectivity index (χ3v) is 9.83. The van der Waals surface area contributed by atoms with Gasteiger partial charge in [-0.05, 0) is 41.4 Å². The number of nitro groups is 1. The van der Waals surface area contributed by atoms with Crippen molar-refractivity contribution in [1.29, 1.82) is 0 Å². The lowest BCUT2D eigenvalue weighted by Gasteiger charge is -2.34. The molecule has 0 fully saturated rings. The highest BCUT2D eigenvalue weighted by Crippen LogP contribution is 2.23. The van der Waals surface area contributed by atoms with Gasteiger partial charge in [0.15, 0.2) is 0 Å². The molecule has 2 aromatic rings. The summed E-state index contributed by atoms with van der Waals surface area (Å²) in [6.45, 7) is 9.72. The molecule has 0 spiro atoms. The molecule has 0 aliphatic rings. The number of hydrogen-bond acceptors (Lipinski definition) is 11. The number of carboxylic acids is 2. The van der Waals surface area contributed by atoms with Gasteiger partial charge in [0.25, 0.3) is 5.69 Å². The van der Waals surface area contributed by atoms with E-state index < -0.39 is 132 Å². The van der Waals surface area contributed by atoms with Crippen molar-refractivity contribution in [1.82, 2.24) is 31.9 Å². The third kappa shape index (κ3) is 19.4. The Labute approximate surface area is 377 Å². The lowest BCUT2D eigenvalue weighted by atomic mass is 9.85. The Bertz CT molecular complexity index is 2090. The van der Waals surface area contributed by atoms with E-state index in [4.69, 9.17) is 5.11 Å². The summed E-state index contributed by atoms with van der Waals surface area (Å²) in [6, 6.07) is 1.55. The van der Waals surface area contributed by atoms with E-state index in [0.717, 1.165) is 12.1 Å². The van der Waals surface area contributed by atoms with Crippen LogP contribution in [0.15, 0.2) is 48.5 Å². The van der Waals surface area contributed by atoms with Crippen LogP contribution in [-0.4, -0.2) is 111 Å². The molecule has 66 heavy (non-hydrogen) atoms. The number of carboxylic acid groups (broad SMARTS) is 2. The number of halogens is 3. The van der Waals surface area contributed by atoms with Crippen LogP contribution in [0.4, 0.5) is 18.9 Å². The Morgan fingerprint density at radius 3 is 1.73 bits per heavy atom. The van der Waals surface area contributed by atoms with E-state index in [2.05, 4.69) is 26.6 Å². The summed E-state index contributed by atoms with van der Waals surface area (Å²) in [5.41, 5.74) is -0.0124. The van der Waals surface area contributed by atoms with Crippen LogP contribution in [0.5, 0.6) is 0 Å². The molecule has 0 saturated heterocycles. The number of aliphatic carboxylic acids is 2. The molecule has 0 aliphatic heterocycles. The number of carbonyl (C=O) groups excluding carboxylic acids is 7. The van der Waals surface area contributed by atoms with E-state index in [0.29, 0.717) is 11.1 Å². The van der Waals surface area contributed by atoms with Crippen molar-refractivity contribution in [3.63, 3.8) is 0 Å². The maximum Gasteiger partial charge on any atom is 0.391 e. The number of hydrogen-bond donors (Lipinski definition) is 8. The molecule has 20 nitrogen and oxygen atoms in total. The minimum atomic E-state index is -4.80. The number of alkyl halides is 3. The Morgan fingerprint density at radius 2 is 1.23 bits per heavy atom. The predicted octanol–water partition coefficient (Wildman–Crippen LogP) is 2.18. The second-order valence-electron chi connectivity index (χ2n) is 17.1. The van der Waals surface area contributed by atoms with Gasteiger partial charge < -0.3 is 46.9 Å². The first kappa shape index (κ1) is 55.2. The van der Waals surface area contributed by atoms with Crippen LogP contribution < -0.4 is 31.9 Å². The van der Waals surface area contributed by atoms with Gasteiger partial charge in [-0.1, -0.05) is 71.0 Å². The maximum absolute atomic E-state index is 14.4. The molecule has 0 bridgehead atoms. The summed E-state index contributed by atoms with van der Waals surface area (Å²) in [4.78, 5) is 127. The molecule has 0 radical (unpaired) electrons. The first-order valence-electron chi connectivity index (χ1n) is 20.6. The minimum absolute atomic E-state index is 0.0834. The number of benzene rings is 2. The zero-order valence-electron chi connectivity index (χ0n) is 37.2. The molecule has 362 valence electrons. The lowest BCUT2D eigenvalue weighted by Crippen LogP contribution is -2.62. The number of non-ortho nitro benzene ring substituents is 1. The summed E-state index contributed by atoms with van der Waals surface area (Å²) in [7, 11) is 0. The highest BCUT2D eigenvalue weighted by molar-refractivity contribution is 5.98. The molecular formula is C43H56F3N7O13. The highest BCUT2D eigenvalue weighted by atomic mass is 19.4. The largest absolute Gasteiger partial charge is 0.481 e. The molecule has 8 N–H and O–H groups in total. The smallest absolute Gasteiger partial charge is 0.391 e. The first-order chi connectivity index (χ1) is 30.6. The van der Waals surface area contributed by atoms with Crippen molar-refractivity contribution in [2.75, 3.05) is 0 Å². The molecule has 0 unspecified atom stereocenters. The highest BCUT2D eigenvalue weighted by Gasteiger charge is 2.39. The van der Waals surface area contributed by atoms with Crippen LogP contribution in [0.2, 0.25) is 0 Å². The van der Waals surface area contributed by atoms with Crippen LogP contribution in [-0.2, 0) is 56.0 Å². The summed E-state index contributed by atoms with van der Waals surface area (Å²) in [5.74, 6) is -9.47. The van der Waals surface area contributed by atoms with Crippen LogP contribution in [0.1, 0.15) is 83.4 Å². The van der Waals surface area contributed by atoms with Crippen molar-refractivity contribution < 1.29 is 71.5 Å². The lowest BCUT2D eigenvalue weighted by molar-refractivity contribution is -0.384. The number of nitro benzene ring substituents is 1. The third-order valence-electron chi connectivity index (χ3n) is 9.83. The summed E-state index contributed by atoms with van der Waals surface area (Å²) in [5, 5.41) is 43.9. The second kappa shape index (κ2) is 24.9. The molecule has 0 aliphatic carbocycles. The van der Waals surface area contributed by atoms with E-state index in [1.165, 1.54) is 12.1 Å². The van der Waals surface area contributed by atoms with Crippen molar-refractivity contribution in [3.8, 4) is 0 Å². The number of aryl methyl sites for hydroxylation is 1. The van der Waals surface area contributed by atoms with Gasteiger partial charge >= 0.3 is 18.1 Å². The fraction of sp³-hybridized carbons (Fsp3) is 0.512. The Hall–Kier alpha value is -6.94. The van der Waals surface area contributed by atoms with Crippen molar-refractivity contribution in [3.05, 3.63) is 75.3 Å². The summed E-state index contributed by atoms with van der Waals surface area (Å²) < 4.78 is 39.3. The van der Waals surface area contributed by atoms with Crippen molar-refractivity contribution in [2.45, 2.75) is 129 Å². The van der Waals surface area contributed by atoms with E-state index in [1.54, 1.807) is 65.8 Å². The number of nitrogens with one attached hydrogen (secondary N) is 6. The average molecular weight is 936 g/mol. The SMILES string of the molecule is Cc1ccccc1C[C@H](NC(=O)[C@@H](Cc1ccc([N+](=O)[O-])cc1)NC(=O)[C@@H](CC(=O)O)NC(=O)CCC(=O)O)C(=O)N[C@H](C(=O)N[C@@H](CC(C)C)C(=O)N[C@H](C=O)CC(F)(F)F)C(C)(C)C.